The highest BCUT2D eigenvalue weighted by molar-refractivity contribution is 7.52. The number of ether oxygens (including phenoxy) is 2. The molecule has 3 atom stereocenters. The van der Waals surface area contributed by atoms with Gasteiger partial charge >= 0.3 is 7.60 Å². The van der Waals surface area contributed by atoms with Gasteiger partial charge in [0.15, 0.2) is 0 Å². The van der Waals surface area contributed by atoms with Crippen molar-refractivity contribution in [2.24, 2.45) is 0 Å². The van der Waals surface area contributed by atoms with Crippen molar-refractivity contribution in [3.8, 4) is 5.75 Å². The standard InChI is InChI=1S/C24H42NO5P/c1-4-6-7-8-9-10-17-28-23-13-11-22(12-14-23)24-20-25(15-18-29-24)16-19-31(26,27)30-21(3)5-2/h11-14,21,24H,4-10,15-20H2,1-3H3,(H,26,27). The van der Waals surface area contributed by atoms with Crippen LogP contribution in [0.5, 0.6) is 5.75 Å². The van der Waals surface area contributed by atoms with Crippen molar-refractivity contribution in [2.45, 2.75) is 77.9 Å². The van der Waals surface area contributed by atoms with Gasteiger partial charge in [0.25, 0.3) is 0 Å². The van der Waals surface area contributed by atoms with Gasteiger partial charge in [0, 0.05) is 19.6 Å². The highest BCUT2D eigenvalue weighted by Gasteiger charge is 2.27. The highest BCUT2D eigenvalue weighted by atomic mass is 31.2. The van der Waals surface area contributed by atoms with Gasteiger partial charge in [-0.15, -0.1) is 0 Å². The maximum Gasteiger partial charge on any atom is 0.329 e. The molecular weight excluding hydrogens is 413 g/mol. The molecule has 31 heavy (non-hydrogen) atoms. The molecule has 1 N–H and O–H groups in total. The topological polar surface area (TPSA) is 68.2 Å². The van der Waals surface area contributed by atoms with E-state index in [1.165, 1.54) is 32.1 Å². The third kappa shape index (κ3) is 10.5. The fraction of sp³-hybridized carbons (Fsp3) is 0.750. The summed E-state index contributed by atoms with van der Waals surface area (Å²) in [6.45, 7) is 9.39. The predicted octanol–water partition coefficient (Wildman–Crippen LogP) is 5.80. The van der Waals surface area contributed by atoms with Gasteiger partial charge in [-0.25, -0.2) is 0 Å². The Morgan fingerprint density at radius 1 is 1.16 bits per heavy atom. The smallest absolute Gasteiger partial charge is 0.329 e. The summed E-state index contributed by atoms with van der Waals surface area (Å²) < 4.78 is 29.4. The first-order chi connectivity index (χ1) is 14.9. The Bertz CT molecular complexity index is 654. The fourth-order valence-electron chi connectivity index (χ4n) is 3.63. The molecule has 1 aliphatic rings. The third-order valence-corrected chi connectivity index (χ3v) is 7.24. The lowest BCUT2D eigenvalue weighted by Crippen LogP contribution is -2.39. The molecule has 0 aliphatic carbocycles. The van der Waals surface area contributed by atoms with Crippen LogP contribution in [0.1, 0.15) is 77.4 Å². The lowest BCUT2D eigenvalue weighted by Gasteiger charge is -2.33. The lowest BCUT2D eigenvalue weighted by atomic mass is 10.1. The summed E-state index contributed by atoms with van der Waals surface area (Å²) >= 11 is 0. The molecule has 0 bridgehead atoms. The predicted molar refractivity (Wildman–Crippen MR) is 126 cm³/mol. The number of nitrogens with zero attached hydrogens (tertiary/aromatic N) is 1. The number of hydrogen-bond donors (Lipinski definition) is 1. The van der Waals surface area contributed by atoms with Crippen molar-refractivity contribution in [1.29, 1.82) is 0 Å². The summed E-state index contributed by atoms with van der Waals surface area (Å²) in [5, 5.41) is 0. The minimum atomic E-state index is -3.55. The lowest BCUT2D eigenvalue weighted by molar-refractivity contribution is -0.0283. The van der Waals surface area contributed by atoms with Crippen LogP contribution in [-0.2, 0) is 13.8 Å². The molecule has 7 heteroatoms. The maximum atomic E-state index is 12.3. The van der Waals surface area contributed by atoms with Crippen molar-refractivity contribution >= 4 is 7.60 Å². The van der Waals surface area contributed by atoms with Crippen LogP contribution in [0.4, 0.5) is 0 Å². The van der Waals surface area contributed by atoms with Crippen LogP contribution in [0.25, 0.3) is 0 Å². The Morgan fingerprint density at radius 2 is 1.87 bits per heavy atom. The molecule has 0 spiro atoms. The largest absolute Gasteiger partial charge is 0.494 e. The average molecular weight is 456 g/mol. The summed E-state index contributed by atoms with van der Waals surface area (Å²) in [5.41, 5.74) is 1.11. The van der Waals surface area contributed by atoms with Crippen molar-refractivity contribution in [2.75, 3.05) is 39.0 Å². The summed E-state index contributed by atoms with van der Waals surface area (Å²) in [7, 11) is -3.55. The van der Waals surface area contributed by atoms with E-state index in [0.29, 0.717) is 19.7 Å². The summed E-state index contributed by atoms with van der Waals surface area (Å²) in [6, 6.07) is 8.15. The van der Waals surface area contributed by atoms with E-state index in [0.717, 1.165) is 37.3 Å². The van der Waals surface area contributed by atoms with E-state index in [1.807, 2.05) is 26.0 Å². The Balaban J connectivity index is 1.73. The molecule has 0 radical (unpaired) electrons. The second kappa shape index (κ2) is 14.3. The number of morpholine rings is 1. The maximum absolute atomic E-state index is 12.3. The van der Waals surface area contributed by atoms with Crippen LogP contribution in [0.15, 0.2) is 24.3 Å². The molecule has 1 fully saturated rings. The van der Waals surface area contributed by atoms with Crippen molar-refractivity contribution in [3.63, 3.8) is 0 Å². The van der Waals surface area contributed by atoms with Gasteiger partial charge in [0.2, 0.25) is 0 Å². The van der Waals surface area contributed by atoms with E-state index < -0.39 is 7.60 Å². The molecule has 3 unspecified atom stereocenters. The molecule has 1 aromatic rings. The van der Waals surface area contributed by atoms with E-state index >= 15 is 0 Å². The average Bonchev–Trinajstić information content (AvgIpc) is 2.77. The van der Waals surface area contributed by atoms with Crippen LogP contribution >= 0.6 is 7.60 Å². The van der Waals surface area contributed by atoms with E-state index in [1.54, 1.807) is 0 Å². The SMILES string of the molecule is CCCCCCCCOc1ccc(C2CN(CCP(=O)(O)OC(C)CC)CCO2)cc1. The molecule has 1 saturated heterocycles. The third-order valence-electron chi connectivity index (χ3n) is 5.79. The van der Waals surface area contributed by atoms with E-state index in [4.69, 9.17) is 14.0 Å². The minimum absolute atomic E-state index is 0.0325. The Morgan fingerprint density at radius 3 is 2.58 bits per heavy atom. The monoisotopic (exact) mass is 455 g/mol. The van der Waals surface area contributed by atoms with Gasteiger partial charge in [-0.2, -0.15) is 0 Å². The van der Waals surface area contributed by atoms with Crippen LogP contribution in [0.3, 0.4) is 0 Å². The van der Waals surface area contributed by atoms with Crippen LogP contribution in [-0.4, -0.2) is 54.9 Å². The first-order valence-electron chi connectivity index (χ1n) is 12.0. The van der Waals surface area contributed by atoms with Crippen LogP contribution in [0.2, 0.25) is 0 Å². The zero-order valence-electron chi connectivity index (χ0n) is 19.6. The van der Waals surface area contributed by atoms with Crippen LogP contribution < -0.4 is 4.74 Å². The Kier molecular flexibility index (Phi) is 12.1. The van der Waals surface area contributed by atoms with Crippen molar-refractivity contribution in [1.82, 2.24) is 4.90 Å². The molecule has 1 aliphatic heterocycles. The van der Waals surface area contributed by atoms with Gasteiger partial charge in [-0.3, -0.25) is 9.46 Å². The molecule has 0 aromatic heterocycles. The zero-order valence-corrected chi connectivity index (χ0v) is 20.5. The normalized spacial score (nSPS) is 20.3. The second-order valence-corrected chi connectivity index (χ2v) is 10.5. The Hall–Kier alpha value is -0.910. The summed E-state index contributed by atoms with van der Waals surface area (Å²) in [5.74, 6) is 0.897. The van der Waals surface area contributed by atoms with Gasteiger partial charge in [0.1, 0.15) is 5.75 Å². The quantitative estimate of drug-likeness (QED) is 0.266. The fourth-order valence-corrected chi connectivity index (χ4v) is 4.99. The van der Waals surface area contributed by atoms with E-state index in [9.17, 15) is 9.46 Å². The molecule has 0 amide bonds. The number of unbranched alkanes of at least 4 members (excludes halogenated alkanes) is 5. The molecule has 0 saturated carbocycles. The van der Waals surface area contributed by atoms with E-state index in [-0.39, 0.29) is 18.4 Å². The van der Waals surface area contributed by atoms with Gasteiger partial charge in [-0.1, -0.05) is 58.1 Å². The molecule has 2 rings (SSSR count). The number of benzene rings is 1. The zero-order chi connectivity index (χ0) is 22.5. The van der Waals surface area contributed by atoms with Crippen molar-refractivity contribution in [3.05, 3.63) is 29.8 Å². The molecule has 1 heterocycles. The highest BCUT2D eigenvalue weighted by Crippen LogP contribution is 2.43. The van der Waals surface area contributed by atoms with Gasteiger partial charge in [-0.05, 0) is 37.5 Å². The first kappa shape index (κ1) is 26.3. The second-order valence-electron chi connectivity index (χ2n) is 8.53. The Labute approximate surface area is 188 Å². The van der Waals surface area contributed by atoms with Crippen LogP contribution in [0, 0.1) is 0 Å². The van der Waals surface area contributed by atoms with E-state index in [2.05, 4.69) is 24.0 Å². The number of hydrogen-bond acceptors (Lipinski definition) is 5. The summed E-state index contributed by atoms with van der Waals surface area (Å²) in [6.07, 6.45) is 8.19. The molecule has 6 nitrogen and oxygen atoms in total. The number of rotatable bonds is 15. The molecule has 1 aromatic carbocycles. The molecular formula is C24H42NO5P. The molecule has 178 valence electrons. The minimum Gasteiger partial charge on any atom is -0.494 e. The summed E-state index contributed by atoms with van der Waals surface area (Å²) in [4.78, 5) is 12.2. The van der Waals surface area contributed by atoms with Gasteiger partial charge in [0.05, 0.1) is 31.6 Å². The van der Waals surface area contributed by atoms with Gasteiger partial charge < -0.3 is 18.9 Å². The first-order valence-corrected chi connectivity index (χ1v) is 13.8. The van der Waals surface area contributed by atoms with Crippen molar-refractivity contribution < 1.29 is 23.5 Å².